The van der Waals surface area contributed by atoms with Crippen molar-refractivity contribution < 1.29 is 19.1 Å². The lowest BCUT2D eigenvalue weighted by Crippen LogP contribution is -2.55. The first-order valence-corrected chi connectivity index (χ1v) is 3.61. The van der Waals surface area contributed by atoms with Crippen molar-refractivity contribution in [3.8, 4) is 0 Å². The molecule has 12 heavy (non-hydrogen) atoms. The van der Waals surface area contributed by atoms with Crippen LogP contribution in [0.1, 0.15) is 12.8 Å². The largest absolute Gasteiger partial charge is 0.468 e. The Labute approximate surface area is 69.8 Å². The number of rotatable bonds is 1. The average molecular weight is 173 g/mol. The zero-order valence-corrected chi connectivity index (χ0v) is 6.83. The molecular formula is C7H11NO4. The van der Waals surface area contributed by atoms with Crippen LogP contribution in [0.15, 0.2) is 0 Å². The Bertz CT molecular complexity index is 203. The lowest BCUT2D eigenvalue weighted by atomic mass is 9.94. The number of ether oxygens (including phenoxy) is 2. The fraction of sp³-hybridized carbons (Fsp3) is 0.714. The Morgan fingerprint density at radius 2 is 2.42 bits per heavy atom. The summed E-state index contributed by atoms with van der Waals surface area (Å²) in [5.74, 6) is -0.852. The third-order valence-corrected chi connectivity index (χ3v) is 1.86. The van der Waals surface area contributed by atoms with Gasteiger partial charge in [0.05, 0.1) is 7.11 Å². The standard InChI is InChI=1S/C7H11NO4/c1-11-6(10)7(8)3-2-5(9)12-4-7/h2-4,8H2,1H3. The summed E-state index contributed by atoms with van der Waals surface area (Å²) in [4.78, 5) is 21.7. The van der Waals surface area contributed by atoms with Gasteiger partial charge in [-0.15, -0.1) is 0 Å². The minimum absolute atomic E-state index is 0.0848. The van der Waals surface area contributed by atoms with Crippen molar-refractivity contribution >= 4 is 11.9 Å². The molecule has 5 heteroatoms. The van der Waals surface area contributed by atoms with Crippen LogP contribution in [0.2, 0.25) is 0 Å². The molecule has 1 fully saturated rings. The molecule has 0 spiro atoms. The maximum atomic E-state index is 11.1. The van der Waals surface area contributed by atoms with E-state index in [1.165, 1.54) is 7.11 Å². The number of methoxy groups -OCH3 is 1. The van der Waals surface area contributed by atoms with Crippen LogP contribution in [0.3, 0.4) is 0 Å². The highest BCUT2D eigenvalue weighted by molar-refractivity contribution is 5.83. The molecule has 0 amide bonds. The molecule has 0 aromatic heterocycles. The van der Waals surface area contributed by atoms with Crippen LogP contribution in [0.25, 0.3) is 0 Å². The molecule has 1 rings (SSSR count). The number of carbonyl (C=O) groups excluding carboxylic acids is 2. The second-order valence-corrected chi connectivity index (χ2v) is 2.81. The molecule has 1 unspecified atom stereocenters. The second kappa shape index (κ2) is 3.10. The summed E-state index contributed by atoms with van der Waals surface area (Å²) in [5, 5.41) is 0. The molecule has 0 aliphatic carbocycles. The SMILES string of the molecule is COC(=O)C1(N)CCC(=O)OC1. The van der Waals surface area contributed by atoms with E-state index in [1.807, 2.05) is 0 Å². The molecule has 1 atom stereocenters. The third-order valence-electron chi connectivity index (χ3n) is 1.86. The monoisotopic (exact) mass is 173 g/mol. The fourth-order valence-corrected chi connectivity index (χ4v) is 1.04. The van der Waals surface area contributed by atoms with Gasteiger partial charge >= 0.3 is 11.9 Å². The smallest absolute Gasteiger partial charge is 0.329 e. The van der Waals surface area contributed by atoms with E-state index in [-0.39, 0.29) is 19.0 Å². The average Bonchev–Trinajstić information content (AvgIpc) is 2.09. The Kier molecular flexibility index (Phi) is 2.32. The number of cyclic esters (lactones) is 1. The molecule has 1 aliphatic rings. The van der Waals surface area contributed by atoms with E-state index >= 15 is 0 Å². The van der Waals surface area contributed by atoms with E-state index < -0.39 is 11.5 Å². The maximum absolute atomic E-state index is 11.1. The van der Waals surface area contributed by atoms with Crippen molar-refractivity contribution in [2.45, 2.75) is 18.4 Å². The topological polar surface area (TPSA) is 78.6 Å². The molecule has 0 radical (unpaired) electrons. The van der Waals surface area contributed by atoms with Crippen molar-refractivity contribution in [2.24, 2.45) is 5.73 Å². The van der Waals surface area contributed by atoms with Gasteiger partial charge in [0.2, 0.25) is 0 Å². The summed E-state index contributed by atoms with van der Waals surface area (Å²) in [6.07, 6.45) is 0.462. The highest BCUT2D eigenvalue weighted by atomic mass is 16.5. The van der Waals surface area contributed by atoms with Gasteiger partial charge in [0.25, 0.3) is 0 Å². The summed E-state index contributed by atoms with van der Waals surface area (Å²) in [7, 11) is 1.26. The summed E-state index contributed by atoms with van der Waals surface area (Å²) < 4.78 is 9.12. The van der Waals surface area contributed by atoms with Crippen molar-refractivity contribution in [1.82, 2.24) is 0 Å². The molecule has 1 aliphatic heterocycles. The minimum Gasteiger partial charge on any atom is -0.468 e. The Morgan fingerprint density at radius 3 is 2.83 bits per heavy atom. The van der Waals surface area contributed by atoms with E-state index in [9.17, 15) is 9.59 Å². The Morgan fingerprint density at radius 1 is 1.75 bits per heavy atom. The molecule has 0 bridgehead atoms. The molecule has 2 N–H and O–H groups in total. The number of hydrogen-bond donors (Lipinski definition) is 1. The van der Waals surface area contributed by atoms with E-state index in [2.05, 4.69) is 9.47 Å². The molecule has 1 saturated heterocycles. The van der Waals surface area contributed by atoms with Crippen LogP contribution in [-0.4, -0.2) is 31.2 Å². The predicted octanol–water partition coefficient (Wildman–Crippen LogP) is -0.806. The van der Waals surface area contributed by atoms with Crippen LogP contribution in [-0.2, 0) is 19.1 Å². The molecular weight excluding hydrogens is 162 g/mol. The van der Waals surface area contributed by atoms with E-state index in [1.54, 1.807) is 0 Å². The fourth-order valence-electron chi connectivity index (χ4n) is 1.04. The number of hydrogen-bond acceptors (Lipinski definition) is 5. The summed E-state index contributed by atoms with van der Waals surface area (Å²) in [6.45, 7) is -0.0848. The molecule has 0 aromatic carbocycles. The quantitative estimate of drug-likeness (QED) is 0.525. The van der Waals surface area contributed by atoms with Gasteiger partial charge < -0.3 is 15.2 Å². The lowest BCUT2D eigenvalue weighted by Gasteiger charge is -2.29. The number of esters is 2. The first kappa shape index (κ1) is 8.99. The van der Waals surface area contributed by atoms with Crippen LogP contribution < -0.4 is 5.73 Å². The van der Waals surface area contributed by atoms with Gasteiger partial charge in [0.15, 0.2) is 0 Å². The van der Waals surface area contributed by atoms with Crippen LogP contribution in [0, 0.1) is 0 Å². The normalized spacial score (nSPS) is 29.3. The van der Waals surface area contributed by atoms with Gasteiger partial charge in [-0.1, -0.05) is 0 Å². The second-order valence-electron chi connectivity index (χ2n) is 2.81. The zero-order chi connectivity index (χ0) is 9.19. The summed E-state index contributed by atoms with van der Waals surface area (Å²) in [6, 6.07) is 0. The van der Waals surface area contributed by atoms with Gasteiger partial charge in [0.1, 0.15) is 12.1 Å². The highest BCUT2D eigenvalue weighted by Crippen LogP contribution is 2.18. The van der Waals surface area contributed by atoms with E-state index in [0.717, 1.165) is 0 Å². The van der Waals surface area contributed by atoms with Crippen molar-refractivity contribution in [3.05, 3.63) is 0 Å². The van der Waals surface area contributed by atoms with Crippen molar-refractivity contribution in [2.75, 3.05) is 13.7 Å². The summed E-state index contributed by atoms with van der Waals surface area (Å²) >= 11 is 0. The van der Waals surface area contributed by atoms with Crippen LogP contribution >= 0.6 is 0 Å². The summed E-state index contributed by atoms with van der Waals surface area (Å²) in [5.41, 5.74) is 4.49. The van der Waals surface area contributed by atoms with E-state index in [0.29, 0.717) is 6.42 Å². The Balaban J connectivity index is 2.61. The predicted molar refractivity (Wildman–Crippen MR) is 39.1 cm³/mol. The number of carbonyl (C=O) groups is 2. The zero-order valence-electron chi connectivity index (χ0n) is 6.83. The molecule has 68 valence electrons. The lowest BCUT2D eigenvalue weighted by molar-refractivity contribution is -0.161. The first-order chi connectivity index (χ1) is 5.58. The molecule has 1 heterocycles. The van der Waals surface area contributed by atoms with Gasteiger partial charge in [-0.05, 0) is 6.42 Å². The van der Waals surface area contributed by atoms with Gasteiger partial charge in [-0.3, -0.25) is 4.79 Å². The Hall–Kier alpha value is -1.10. The van der Waals surface area contributed by atoms with E-state index in [4.69, 9.17) is 5.73 Å². The minimum atomic E-state index is -1.14. The molecule has 5 nitrogen and oxygen atoms in total. The molecule has 0 aromatic rings. The van der Waals surface area contributed by atoms with Gasteiger partial charge in [-0.25, -0.2) is 4.79 Å². The van der Waals surface area contributed by atoms with Crippen LogP contribution in [0.4, 0.5) is 0 Å². The van der Waals surface area contributed by atoms with Crippen molar-refractivity contribution in [3.63, 3.8) is 0 Å². The van der Waals surface area contributed by atoms with Gasteiger partial charge in [-0.2, -0.15) is 0 Å². The van der Waals surface area contributed by atoms with Gasteiger partial charge in [0, 0.05) is 6.42 Å². The third kappa shape index (κ3) is 1.55. The highest BCUT2D eigenvalue weighted by Gasteiger charge is 2.40. The maximum Gasteiger partial charge on any atom is 0.329 e. The van der Waals surface area contributed by atoms with Crippen LogP contribution in [0.5, 0.6) is 0 Å². The number of nitrogens with two attached hydrogens (primary N) is 1. The van der Waals surface area contributed by atoms with Crippen molar-refractivity contribution in [1.29, 1.82) is 0 Å². The molecule has 0 saturated carbocycles. The first-order valence-electron chi connectivity index (χ1n) is 3.61.